The van der Waals surface area contributed by atoms with Gasteiger partial charge in [-0.05, 0) is 54.3 Å². The maximum atomic E-state index is 11.4. The second kappa shape index (κ2) is 9.03. The molecule has 5 heteroatoms. The van der Waals surface area contributed by atoms with Crippen LogP contribution in [0.25, 0.3) is 18.2 Å². The molecule has 0 fully saturated rings. The molecule has 0 amide bonds. The van der Waals surface area contributed by atoms with Crippen LogP contribution in [-0.2, 0) is 12.0 Å². The summed E-state index contributed by atoms with van der Waals surface area (Å²) >= 11 is 0. The largest absolute Gasteiger partial charge is 0.463 e. The van der Waals surface area contributed by atoms with Gasteiger partial charge in [-0.1, -0.05) is 91.0 Å². The molecule has 5 nitrogen and oxygen atoms in total. The minimum atomic E-state index is -0.786. The van der Waals surface area contributed by atoms with Crippen LogP contribution in [0.15, 0.2) is 103 Å². The van der Waals surface area contributed by atoms with Crippen LogP contribution < -0.4 is 9.64 Å². The van der Waals surface area contributed by atoms with Crippen molar-refractivity contribution >= 4 is 29.6 Å². The van der Waals surface area contributed by atoms with Gasteiger partial charge in [0.1, 0.15) is 5.75 Å². The molecule has 1 atom stereocenters. The SMILES string of the molecule is CC1(C)c2ccccc2N2Cc3cc([N+](=O)[O-])ccc3OC21/C=C/c1ccc(/C=C/c2ccccc2)cc1. The number of hydrogen-bond donors (Lipinski definition) is 0. The van der Waals surface area contributed by atoms with Crippen molar-refractivity contribution < 1.29 is 9.66 Å². The van der Waals surface area contributed by atoms with Crippen LogP contribution in [0.1, 0.15) is 41.7 Å². The first-order valence-electron chi connectivity index (χ1n) is 12.7. The lowest BCUT2D eigenvalue weighted by molar-refractivity contribution is -0.385. The van der Waals surface area contributed by atoms with Crippen LogP contribution in [0.5, 0.6) is 5.75 Å². The highest BCUT2D eigenvalue weighted by atomic mass is 16.6. The quantitative estimate of drug-likeness (QED) is 0.159. The zero-order valence-electron chi connectivity index (χ0n) is 21.4. The molecule has 0 radical (unpaired) electrons. The number of nitro benzene ring substituents is 1. The van der Waals surface area contributed by atoms with E-state index in [-0.39, 0.29) is 16.0 Å². The summed E-state index contributed by atoms with van der Waals surface area (Å²) in [6.45, 7) is 4.92. The third kappa shape index (κ3) is 3.88. The second-order valence-electron chi connectivity index (χ2n) is 10.3. The van der Waals surface area contributed by atoms with E-state index in [0.29, 0.717) is 12.3 Å². The maximum Gasteiger partial charge on any atom is 0.270 e. The van der Waals surface area contributed by atoms with Crippen molar-refractivity contribution in [2.75, 3.05) is 4.90 Å². The third-order valence-electron chi connectivity index (χ3n) is 7.72. The van der Waals surface area contributed by atoms with Crippen molar-refractivity contribution in [2.45, 2.75) is 31.5 Å². The molecule has 4 aromatic carbocycles. The average Bonchev–Trinajstić information content (AvgIpc) is 3.13. The second-order valence-corrected chi connectivity index (χ2v) is 10.3. The fraction of sp³-hybridized carbons (Fsp3) is 0.152. The van der Waals surface area contributed by atoms with Gasteiger partial charge in [0.2, 0.25) is 5.72 Å². The van der Waals surface area contributed by atoms with Gasteiger partial charge >= 0.3 is 0 Å². The smallest absolute Gasteiger partial charge is 0.270 e. The van der Waals surface area contributed by atoms with E-state index in [1.807, 2.05) is 24.3 Å². The Morgan fingerprint density at radius 3 is 2.16 bits per heavy atom. The molecule has 0 aliphatic carbocycles. The number of ether oxygens (including phenoxy) is 1. The number of para-hydroxylation sites is 1. The highest BCUT2D eigenvalue weighted by Crippen LogP contribution is 2.56. The summed E-state index contributed by atoms with van der Waals surface area (Å²) in [5.41, 5.74) is 5.36. The Balaban J connectivity index is 1.36. The molecule has 1 unspecified atom stereocenters. The molecule has 38 heavy (non-hydrogen) atoms. The van der Waals surface area contributed by atoms with Gasteiger partial charge in [-0.15, -0.1) is 0 Å². The highest BCUT2D eigenvalue weighted by Gasteiger charge is 2.59. The summed E-state index contributed by atoms with van der Waals surface area (Å²) < 4.78 is 6.81. The van der Waals surface area contributed by atoms with E-state index < -0.39 is 5.72 Å². The first kappa shape index (κ1) is 23.7. The van der Waals surface area contributed by atoms with E-state index in [0.717, 1.165) is 22.4 Å². The molecule has 0 saturated heterocycles. The van der Waals surface area contributed by atoms with Crippen molar-refractivity contribution in [1.82, 2.24) is 0 Å². The fourth-order valence-corrected chi connectivity index (χ4v) is 5.59. The zero-order valence-corrected chi connectivity index (χ0v) is 21.4. The van der Waals surface area contributed by atoms with Gasteiger partial charge in [0.05, 0.1) is 16.9 Å². The Hall–Kier alpha value is -4.64. The molecular formula is C33H28N2O3. The van der Waals surface area contributed by atoms with Crippen LogP contribution in [0.4, 0.5) is 11.4 Å². The van der Waals surface area contributed by atoms with Crippen molar-refractivity contribution in [3.63, 3.8) is 0 Å². The topological polar surface area (TPSA) is 55.6 Å². The summed E-state index contributed by atoms with van der Waals surface area (Å²) in [6, 6.07) is 31.9. The Morgan fingerprint density at radius 2 is 1.45 bits per heavy atom. The molecule has 2 aliphatic rings. The summed E-state index contributed by atoms with van der Waals surface area (Å²) in [5.74, 6) is 0.679. The van der Waals surface area contributed by atoms with Gasteiger partial charge < -0.3 is 9.64 Å². The Bertz CT molecular complexity index is 1570. The number of anilines is 1. The van der Waals surface area contributed by atoms with E-state index in [1.54, 1.807) is 12.1 Å². The fourth-order valence-electron chi connectivity index (χ4n) is 5.59. The van der Waals surface area contributed by atoms with Crippen LogP contribution >= 0.6 is 0 Å². The summed E-state index contributed by atoms with van der Waals surface area (Å²) in [4.78, 5) is 13.3. The number of non-ortho nitro benzene ring substituents is 1. The normalized spacial score (nSPS) is 19.2. The maximum absolute atomic E-state index is 11.4. The molecule has 0 aromatic heterocycles. The van der Waals surface area contributed by atoms with Gasteiger partial charge in [-0.25, -0.2) is 0 Å². The summed E-state index contributed by atoms with van der Waals surface area (Å²) in [6.07, 6.45) is 8.48. The van der Waals surface area contributed by atoms with Crippen LogP contribution in [-0.4, -0.2) is 10.6 Å². The number of nitrogens with zero attached hydrogens (tertiary/aromatic N) is 2. The molecular weight excluding hydrogens is 472 g/mol. The molecule has 0 saturated carbocycles. The molecule has 0 bridgehead atoms. The predicted octanol–water partition coefficient (Wildman–Crippen LogP) is 7.87. The van der Waals surface area contributed by atoms with Gasteiger partial charge in [0, 0.05) is 23.4 Å². The standard InChI is InChI=1S/C33H28N2O3/c1-32(2)29-10-6-7-11-30(29)34-23-27-22-28(35(36)37)18-19-31(27)38-33(32,34)21-20-26-16-14-25(15-17-26)13-12-24-8-4-3-5-9-24/h3-22H,23H2,1-2H3/b13-12+,21-20+. The van der Waals surface area contributed by atoms with Crippen LogP contribution in [0.2, 0.25) is 0 Å². The average molecular weight is 501 g/mol. The minimum Gasteiger partial charge on any atom is -0.463 e. The number of hydrogen-bond acceptors (Lipinski definition) is 4. The number of rotatable bonds is 5. The molecule has 0 spiro atoms. The molecule has 6 rings (SSSR count). The van der Waals surface area contributed by atoms with Gasteiger partial charge in [-0.2, -0.15) is 0 Å². The first-order chi connectivity index (χ1) is 18.4. The molecule has 4 aromatic rings. The number of benzene rings is 4. The zero-order chi connectivity index (χ0) is 26.3. The Morgan fingerprint density at radius 1 is 0.816 bits per heavy atom. The lowest BCUT2D eigenvalue weighted by Gasteiger charge is -2.48. The summed E-state index contributed by atoms with van der Waals surface area (Å²) in [7, 11) is 0. The lowest BCUT2D eigenvalue weighted by Crippen LogP contribution is -2.60. The van der Waals surface area contributed by atoms with Crippen molar-refractivity contribution in [1.29, 1.82) is 0 Å². The van der Waals surface area contributed by atoms with Crippen LogP contribution in [0, 0.1) is 10.1 Å². The molecule has 0 N–H and O–H groups in total. The van der Waals surface area contributed by atoms with E-state index >= 15 is 0 Å². The van der Waals surface area contributed by atoms with Crippen molar-refractivity contribution in [3.8, 4) is 5.75 Å². The van der Waals surface area contributed by atoms with Gasteiger partial charge in [0.15, 0.2) is 0 Å². The van der Waals surface area contributed by atoms with Gasteiger partial charge in [-0.3, -0.25) is 10.1 Å². The predicted molar refractivity (Wildman–Crippen MR) is 153 cm³/mol. The Kier molecular flexibility index (Phi) is 5.64. The van der Waals surface area contributed by atoms with E-state index in [2.05, 4.69) is 97.6 Å². The van der Waals surface area contributed by atoms with Crippen molar-refractivity contribution in [3.05, 3.63) is 141 Å². The van der Waals surface area contributed by atoms with Crippen molar-refractivity contribution in [2.24, 2.45) is 0 Å². The first-order valence-corrected chi connectivity index (χ1v) is 12.7. The minimum absolute atomic E-state index is 0.0727. The molecule has 188 valence electrons. The highest BCUT2D eigenvalue weighted by molar-refractivity contribution is 5.73. The summed E-state index contributed by atoms with van der Waals surface area (Å²) in [5, 5.41) is 11.4. The number of nitro groups is 1. The molecule has 2 aliphatic heterocycles. The monoisotopic (exact) mass is 500 g/mol. The Labute approximate surface area is 222 Å². The van der Waals surface area contributed by atoms with E-state index in [4.69, 9.17) is 4.74 Å². The number of fused-ring (bicyclic) bond motifs is 4. The van der Waals surface area contributed by atoms with Crippen LogP contribution in [0.3, 0.4) is 0 Å². The van der Waals surface area contributed by atoms with E-state index in [1.165, 1.54) is 17.2 Å². The third-order valence-corrected chi connectivity index (χ3v) is 7.72. The van der Waals surface area contributed by atoms with E-state index in [9.17, 15) is 10.1 Å². The molecule has 2 heterocycles. The van der Waals surface area contributed by atoms with Gasteiger partial charge in [0.25, 0.3) is 5.69 Å². The lowest BCUT2D eigenvalue weighted by atomic mass is 9.76.